The zero-order chi connectivity index (χ0) is 26.3. The van der Waals surface area contributed by atoms with Crippen molar-refractivity contribution < 1.29 is 4.42 Å². The fraction of sp³-hybridized carbons (Fsp3) is 0. The first-order valence-corrected chi connectivity index (χ1v) is 13.3. The van der Waals surface area contributed by atoms with E-state index in [1.54, 1.807) is 6.21 Å². The molecule has 0 radical (unpaired) electrons. The molecule has 7 nitrogen and oxygen atoms in total. The van der Waals surface area contributed by atoms with Gasteiger partial charge in [0.25, 0.3) is 0 Å². The van der Waals surface area contributed by atoms with Gasteiger partial charge in [-0.2, -0.15) is 5.10 Å². The molecule has 1 N–H and O–H groups in total. The lowest BCUT2D eigenvalue weighted by Crippen LogP contribution is -2.03. The van der Waals surface area contributed by atoms with Gasteiger partial charge in [0.15, 0.2) is 0 Å². The SMILES string of the molecule is O=c1oc2ccc3ccccc3c2cc1-c1csc(N/N=C/c2c(-c3ccc(Cl)cc3)nc3ccccn23)n1. The first-order valence-electron chi connectivity index (χ1n) is 12.1. The number of pyridine rings is 1. The van der Waals surface area contributed by atoms with Crippen LogP contribution in [0.15, 0.2) is 111 Å². The van der Waals surface area contributed by atoms with Crippen LogP contribution in [0.4, 0.5) is 5.13 Å². The van der Waals surface area contributed by atoms with E-state index in [2.05, 4.69) is 15.5 Å². The zero-order valence-electron chi connectivity index (χ0n) is 20.2. The molecule has 0 aliphatic carbocycles. The largest absolute Gasteiger partial charge is 0.422 e. The van der Waals surface area contributed by atoms with E-state index in [1.807, 2.05) is 101 Å². The Morgan fingerprint density at radius 2 is 1.79 bits per heavy atom. The van der Waals surface area contributed by atoms with E-state index in [4.69, 9.17) is 21.0 Å². The summed E-state index contributed by atoms with van der Waals surface area (Å²) in [6.07, 6.45) is 3.65. The fourth-order valence-corrected chi connectivity index (χ4v) is 5.39. The van der Waals surface area contributed by atoms with E-state index < -0.39 is 5.63 Å². The van der Waals surface area contributed by atoms with Crippen LogP contribution < -0.4 is 11.1 Å². The van der Waals surface area contributed by atoms with Crippen molar-refractivity contribution in [1.29, 1.82) is 0 Å². The number of aromatic nitrogens is 3. The van der Waals surface area contributed by atoms with Gasteiger partial charge in [0, 0.05) is 27.5 Å². The number of benzene rings is 3. The first kappa shape index (κ1) is 23.3. The van der Waals surface area contributed by atoms with E-state index in [1.165, 1.54) is 11.3 Å². The molecule has 0 saturated carbocycles. The Bertz CT molecular complexity index is 2090. The third-order valence-corrected chi connectivity index (χ3v) is 7.45. The molecule has 0 saturated heterocycles. The molecule has 0 aliphatic rings. The molecule has 9 heteroatoms. The number of fused-ring (bicyclic) bond motifs is 4. The van der Waals surface area contributed by atoms with Crippen LogP contribution in [0.3, 0.4) is 0 Å². The molecule has 0 bridgehead atoms. The third kappa shape index (κ3) is 4.25. The number of halogens is 1. The fourth-order valence-electron chi connectivity index (χ4n) is 4.61. The molecule has 0 fully saturated rings. The smallest absolute Gasteiger partial charge is 0.345 e. The van der Waals surface area contributed by atoms with Crippen LogP contribution in [-0.4, -0.2) is 20.6 Å². The summed E-state index contributed by atoms with van der Waals surface area (Å²) in [6.45, 7) is 0. The highest BCUT2D eigenvalue weighted by molar-refractivity contribution is 7.14. The van der Waals surface area contributed by atoms with Gasteiger partial charge < -0.3 is 4.42 Å². The minimum Gasteiger partial charge on any atom is -0.422 e. The van der Waals surface area contributed by atoms with Gasteiger partial charge in [0.05, 0.1) is 28.9 Å². The lowest BCUT2D eigenvalue weighted by atomic mass is 10.0. The highest BCUT2D eigenvalue weighted by atomic mass is 35.5. The molecule has 0 unspecified atom stereocenters. The summed E-state index contributed by atoms with van der Waals surface area (Å²) in [5.74, 6) is 0. The molecule has 188 valence electrons. The highest BCUT2D eigenvalue weighted by Crippen LogP contribution is 2.30. The molecule has 0 amide bonds. The highest BCUT2D eigenvalue weighted by Gasteiger charge is 2.14. The van der Waals surface area contributed by atoms with Gasteiger partial charge in [-0.15, -0.1) is 11.3 Å². The van der Waals surface area contributed by atoms with Crippen LogP contribution in [0.25, 0.3) is 49.9 Å². The van der Waals surface area contributed by atoms with Crippen molar-refractivity contribution in [2.75, 3.05) is 5.43 Å². The average Bonchev–Trinajstić information content (AvgIpc) is 3.58. The molecule has 7 aromatic rings. The second kappa shape index (κ2) is 9.50. The van der Waals surface area contributed by atoms with Crippen molar-refractivity contribution in [3.05, 3.63) is 118 Å². The number of hydrogen-bond donors (Lipinski definition) is 1. The van der Waals surface area contributed by atoms with Crippen molar-refractivity contribution >= 4 is 61.7 Å². The molecule has 4 aromatic heterocycles. The number of thiazole rings is 1. The Hall–Kier alpha value is -4.79. The lowest BCUT2D eigenvalue weighted by Gasteiger charge is -2.04. The summed E-state index contributed by atoms with van der Waals surface area (Å²) < 4.78 is 7.60. The number of imidazole rings is 1. The van der Waals surface area contributed by atoms with E-state index in [0.29, 0.717) is 27.0 Å². The van der Waals surface area contributed by atoms with Gasteiger partial charge in [-0.25, -0.2) is 14.8 Å². The number of hydrazone groups is 1. The Morgan fingerprint density at radius 1 is 0.949 bits per heavy atom. The molecular weight excluding hydrogens is 530 g/mol. The van der Waals surface area contributed by atoms with Crippen molar-refractivity contribution in [2.24, 2.45) is 5.10 Å². The summed E-state index contributed by atoms with van der Waals surface area (Å²) in [5.41, 5.74) is 7.35. The number of anilines is 1. The topological polar surface area (TPSA) is 84.8 Å². The molecule has 0 spiro atoms. The van der Waals surface area contributed by atoms with Crippen molar-refractivity contribution in [3.63, 3.8) is 0 Å². The maximum Gasteiger partial charge on any atom is 0.345 e. The molecular formula is C30H18ClN5O2S. The summed E-state index contributed by atoms with van der Waals surface area (Å²) >= 11 is 7.44. The number of nitrogens with one attached hydrogen (secondary N) is 1. The van der Waals surface area contributed by atoms with Gasteiger partial charge in [-0.1, -0.05) is 60.1 Å². The van der Waals surface area contributed by atoms with Gasteiger partial charge >= 0.3 is 5.63 Å². The van der Waals surface area contributed by atoms with Crippen LogP contribution in [-0.2, 0) is 0 Å². The van der Waals surface area contributed by atoms with Crippen molar-refractivity contribution in [1.82, 2.24) is 14.4 Å². The van der Waals surface area contributed by atoms with Crippen LogP contribution >= 0.6 is 22.9 Å². The zero-order valence-corrected chi connectivity index (χ0v) is 21.8. The van der Waals surface area contributed by atoms with Gasteiger partial charge in [-0.3, -0.25) is 9.83 Å². The monoisotopic (exact) mass is 547 g/mol. The summed E-state index contributed by atoms with van der Waals surface area (Å²) in [6, 6.07) is 27.0. The van der Waals surface area contributed by atoms with Gasteiger partial charge in [0.2, 0.25) is 5.13 Å². The Kier molecular flexibility index (Phi) is 5.69. The predicted molar refractivity (Wildman–Crippen MR) is 158 cm³/mol. The maximum absolute atomic E-state index is 12.8. The summed E-state index contributed by atoms with van der Waals surface area (Å²) in [7, 11) is 0. The second-order valence-corrected chi connectivity index (χ2v) is 10.1. The molecule has 4 heterocycles. The Labute approximate surface area is 230 Å². The lowest BCUT2D eigenvalue weighted by molar-refractivity contribution is 0.563. The van der Waals surface area contributed by atoms with Gasteiger partial charge in [-0.05, 0) is 47.2 Å². The number of hydrogen-bond acceptors (Lipinski definition) is 7. The second-order valence-electron chi connectivity index (χ2n) is 8.84. The van der Waals surface area contributed by atoms with Crippen molar-refractivity contribution in [2.45, 2.75) is 0 Å². The third-order valence-electron chi connectivity index (χ3n) is 6.45. The number of nitrogens with zero attached hydrogens (tertiary/aromatic N) is 4. The molecule has 7 rings (SSSR count). The first-order chi connectivity index (χ1) is 19.1. The van der Waals surface area contributed by atoms with Gasteiger partial charge in [0.1, 0.15) is 11.2 Å². The molecule has 0 atom stereocenters. The quantitative estimate of drug-likeness (QED) is 0.104. The van der Waals surface area contributed by atoms with E-state index in [-0.39, 0.29) is 0 Å². The normalized spacial score (nSPS) is 11.7. The van der Waals surface area contributed by atoms with E-state index >= 15 is 0 Å². The van der Waals surface area contributed by atoms with Crippen molar-refractivity contribution in [3.8, 4) is 22.5 Å². The van der Waals surface area contributed by atoms with Crippen LogP contribution in [0, 0.1) is 0 Å². The summed E-state index contributed by atoms with van der Waals surface area (Å²) in [4.78, 5) is 22.2. The minimum absolute atomic E-state index is 0.402. The average molecular weight is 548 g/mol. The van der Waals surface area contributed by atoms with Crippen LogP contribution in [0.1, 0.15) is 5.69 Å². The number of rotatable bonds is 5. The molecule has 3 aromatic carbocycles. The molecule has 39 heavy (non-hydrogen) atoms. The maximum atomic E-state index is 12.8. The van der Waals surface area contributed by atoms with E-state index in [9.17, 15) is 4.79 Å². The van der Waals surface area contributed by atoms with Crippen LogP contribution in [0.5, 0.6) is 0 Å². The summed E-state index contributed by atoms with van der Waals surface area (Å²) in [5, 5.41) is 10.4. The Balaban J connectivity index is 1.21. The van der Waals surface area contributed by atoms with Crippen LogP contribution in [0.2, 0.25) is 5.02 Å². The Morgan fingerprint density at radius 3 is 2.69 bits per heavy atom. The predicted octanol–water partition coefficient (Wildman–Crippen LogP) is 7.48. The van der Waals surface area contributed by atoms with E-state index in [0.717, 1.165) is 38.8 Å². The minimum atomic E-state index is -0.434. The standard InChI is InChI=1S/C30H18ClN5O2S/c31-20-11-8-19(9-12-20)28-25(36-14-4-3-7-27(36)34-28)16-32-35-30-33-24(17-39-30)23-15-22-21-6-2-1-5-18(21)10-13-26(22)38-29(23)37/h1-17H,(H,33,35)/b32-16+. The molecule has 0 aliphatic heterocycles.